The second-order valence-corrected chi connectivity index (χ2v) is 8.26. The SMILES string of the molecule is Cc1ccc(/C=C/C(=O)Nc2ccc(CN3CCCC(C(N)=O)C3)cc2)s1. The van der Waals surface area contributed by atoms with Crippen LogP contribution in [0, 0.1) is 12.8 Å². The maximum atomic E-state index is 12.0. The van der Waals surface area contributed by atoms with Crippen molar-refractivity contribution in [3.63, 3.8) is 0 Å². The van der Waals surface area contributed by atoms with Crippen LogP contribution in [0.2, 0.25) is 0 Å². The molecule has 3 rings (SSSR count). The number of nitrogens with one attached hydrogen (secondary N) is 1. The fourth-order valence-electron chi connectivity index (χ4n) is 3.27. The summed E-state index contributed by atoms with van der Waals surface area (Å²) >= 11 is 1.66. The molecule has 1 aliphatic heterocycles. The van der Waals surface area contributed by atoms with Gasteiger partial charge in [-0.2, -0.15) is 0 Å². The number of anilines is 1. The molecular weight excluding hydrogens is 358 g/mol. The lowest BCUT2D eigenvalue weighted by Gasteiger charge is -2.31. The van der Waals surface area contributed by atoms with Crippen LogP contribution in [-0.2, 0) is 16.1 Å². The van der Waals surface area contributed by atoms with E-state index in [1.54, 1.807) is 17.4 Å². The summed E-state index contributed by atoms with van der Waals surface area (Å²) in [6.07, 6.45) is 5.26. The highest BCUT2D eigenvalue weighted by molar-refractivity contribution is 7.12. The number of hydrogen-bond acceptors (Lipinski definition) is 4. The van der Waals surface area contributed by atoms with E-state index in [-0.39, 0.29) is 17.7 Å². The number of carbonyl (C=O) groups is 2. The van der Waals surface area contributed by atoms with Crippen molar-refractivity contribution in [1.82, 2.24) is 4.90 Å². The van der Waals surface area contributed by atoms with Gasteiger partial charge in [0.25, 0.3) is 0 Å². The molecule has 1 fully saturated rings. The predicted octanol–water partition coefficient (Wildman–Crippen LogP) is 3.41. The summed E-state index contributed by atoms with van der Waals surface area (Å²) in [6.45, 7) is 4.53. The summed E-state index contributed by atoms with van der Waals surface area (Å²) in [4.78, 5) is 28.0. The third-order valence-electron chi connectivity index (χ3n) is 4.70. The minimum absolute atomic E-state index is 0.0452. The molecule has 0 radical (unpaired) electrons. The zero-order valence-electron chi connectivity index (χ0n) is 15.5. The smallest absolute Gasteiger partial charge is 0.248 e. The summed E-state index contributed by atoms with van der Waals surface area (Å²) < 4.78 is 0. The molecule has 1 aromatic carbocycles. The van der Waals surface area contributed by atoms with Crippen LogP contribution in [0.25, 0.3) is 6.08 Å². The van der Waals surface area contributed by atoms with Gasteiger partial charge in [0.1, 0.15) is 0 Å². The van der Waals surface area contributed by atoms with E-state index in [1.807, 2.05) is 49.4 Å². The molecular formula is C21H25N3O2S. The molecule has 1 aromatic heterocycles. The lowest BCUT2D eigenvalue weighted by Crippen LogP contribution is -2.40. The largest absolute Gasteiger partial charge is 0.369 e. The third-order valence-corrected chi connectivity index (χ3v) is 5.66. The van der Waals surface area contributed by atoms with Gasteiger partial charge in [-0.25, -0.2) is 0 Å². The van der Waals surface area contributed by atoms with Crippen LogP contribution >= 0.6 is 11.3 Å². The molecule has 3 N–H and O–H groups in total. The summed E-state index contributed by atoms with van der Waals surface area (Å²) in [6, 6.07) is 11.9. The van der Waals surface area contributed by atoms with Gasteiger partial charge < -0.3 is 11.1 Å². The quantitative estimate of drug-likeness (QED) is 0.751. The number of aryl methyl sites for hydroxylation is 1. The molecule has 27 heavy (non-hydrogen) atoms. The minimum Gasteiger partial charge on any atom is -0.369 e. The Morgan fingerprint density at radius 2 is 2.04 bits per heavy atom. The first-order chi connectivity index (χ1) is 13.0. The van der Waals surface area contributed by atoms with Crippen molar-refractivity contribution in [1.29, 1.82) is 0 Å². The fraction of sp³-hybridized carbons (Fsp3) is 0.333. The third kappa shape index (κ3) is 5.77. The van der Waals surface area contributed by atoms with Gasteiger partial charge in [-0.1, -0.05) is 12.1 Å². The number of likely N-dealkylation sites (tertiary alicyclic amines) is 1. The van der Waals surface area contributed by atoms with Crippen molar-refractivity contribution < 1.29 is 9.59 Å². The molecule has 0 aliphatic carbocycles. The topological polar surface area (TPSA) is 75.4 Å². The van der Waals surface area contributed by atoms with Crippen molar-refractivity contribution >= 4 is 34.9 Å². The highest BCUT2D eigenvalue weighted by Crippen LogP contribution is 2.19. The summed E-state index contributed by atoms with van der Waals surface area (Å²) in [5, 5.41) is 2.88. The number of thiophene rings is 1. The van der Waals surface area contributed by atoms with Crippen LogP contribution in [0.1, 0.15) is 28.2 Å². The van der Waals surface area contributed by atoms with E-state index in [0.29, 0.717) is 0 Å². The number of primary amides is 1. The molecule has 1 atom stereocenters. The standard InChI is InChI=1S/C21H25N3O2S/c1-15-4-9-19(27-15)10-11-20(25)23-18-7-5-16(6-8-18)13-24-12-2-3-17(14-24)21(22)26/h4-11,17H,2-3,12-14H2,1H3,(H2,22,26)(H,23,25)/b11-10+. The van der Waals surface area contributed by atoms with Gasteiger partial charge in [-0.15, -0.1) is 11.3 Å². The summed E-state index contributed by atoms with van der Waals surface area (Å²) in [7, 11) is 0. The summed E-state index contributed by atoms with van der Waals surface area (Å²) in [5.74, 6) is -0.395. The molecule has 0 spiro atoms. The van der Waals surface area contributed by atoms with Gasteiger partial charge in [-0.05, 0) is 62.2 Å². The number of rotatable bonds is 6. The van der Waals surface area contributed by atoms with Crippen molar-refractivity contribution in [2.75, 3.05) is 18.4 Å². The fourth-order valence-corrected chi connectivity index (χ4v) is 4.05. The minimum atomic E-state index is -0.205. The molecule has 1 aliphatic rings. The molecule has 2 heterocycles. The Kier molecular flexibility index (Phi) is 6.42. The van der Waals surface area contributed by atoms with E-state index in [0.717, 1.165) is 48.6 Å². The molecule has 2 aromatic rings. The van der Waals surface area contributed by atoms with Crippen molar-refractivity contribution in [3.05, 3.63) is 57.8 Å². The number of nitrogens with two attached hydrogens (primary N) is 1. The van der Waals surface area contributed by atoms with Crippen LogP contribution in [0.15, 0.2) is 42.5 Å². The Bertz CT molecular complexity index is 826. The zero-order valence-corrected chi connectivity index (χ0v) is 16.3. The zero-order chi connectivity index (χ0) is 19.2. The van der Waals surface area contributed by atoms with Gasteiger partial charge in [0.15, 0.2) is 0 Å². The Morgan fingerprint density at radius 3 is 2.70 bits per heavy atom. The Hall–Kier alpha value is -2.44. The molecule has 5 nitrogen and oxygen atoms in total. The number of nitrogens with zero attached hydrogens (tertiary/aromatic N) is 1. The lowest BCUT2D eigenvalue weighted by atomic mass is 9.97. The van der Waals surface area contributed by atoms with Gasteiger partial charge in [-0.3, -0.25) is 14.5 Å². The van der Waals surface area contributed by atoms with E-state index < -0.39 is 0 Å². The average Bonchev–Trinajstić information content (AvgIpc) is 3.07. The van der Waals surface area contributed by atoms with Crippen molar-refractivity contribution in [3.8, 4) is 0 Å². The second-order valence-electron chi connectivity index (χ2n) is 6.94. The number of amides is 2. The number of piperidine rings is 1. The van der Waals surface area contributed by atoms with E-state index in [2.05, 4.69) is 10.2 Å². The predicted molar refractivity (Wildman–Crippen MR) is 110 cm³/mol. The molecule has 0 saturated carbocycles. The molecule has 1 saturated heterocycles. The highest BCUT2D eigenvalue weighted by Gasteiger charge is 2.23. The van der Waals surface area contributed by atoms with Crippen molar-refractivity contribution in [2.24, 2.45) is 11.7 Å². The molecule has 0 bridgehead atoms. The number of benzene rings is 1. The van der Waals surface area contributed by atoms with Crippen LogP contribution in [0.3, 0.4) is 0 Å². The van der Waals surface area contributed by atoms with Crippen LogP contribution in [-0.4, -0.2) is 29.8 Å². The first kappa shape index (κ1) is 19.3. The lowest BCUT2D eigenvalue weighted by molar-refractivity contribution is -0.123. The Balaban J connectivity index is 1.51. The Labute approximate surface area is 163 Å². The van der Waals surface area contributed by atoms with Crippen molar-refractivity contribution in [2.45, 2.75) is 26.3 Å². The van der Waals surface area contributed by atoms with E-state index in [9.17, 15) is 9.59 Å². The molecule has 1 unspecified atom stereocenters. The van der Waals surface area contributed by atoms with E-state index in [4.69, 9.17) is 5.73 Å². The van der Waals surface area contributed by atoms with Gasteiger partial charge in [0.05, 0.1) is 5.92 Å². The van der Waals surface area contributed by atoms with Gasteiger partial charge in [0, 0.05) is 34.6 Å². The van der Waals surface area contributed by atoms with Gasteiger partial charge in [0.2, 0.25) is 11.8 Å². The number of carbonyl (C=O) groups excluding carboxylic acids is 2. The van der Waals surface area contributed by atoms with Crippen LogP contribution in [0.4, 0.5) is 5.69 Å². The average molecular weight is 384 g/mol. The molecule has 142 valence electrons. The second kappa shape index (κ2) is 8.97. The highest BCUT2D eigenvalue weighted by atomic mass is 32.1. The normalized spacial score (nSPS) is 17.9. The summed E-state index contributed by atoms with van der Waals surface area (Å²) in [5.41, 5.74) is 7.36. The van der Waals surface area contributed by atoms with E-state index in [1.165, 1.54) is 4.88 Å². The molecule has 2 amide bonds. The first-order valence-corrected chi connectivity index (χ1v) is 9.97. The first-order valence-electron chi connectivity index (χ1n) is 9.16. The maximum absolute atomic E-state index is 12.0. The van der Waals surface area contributed by atoms with E-state index >= 15 is 0 Å². The van der Waals surface area contributed by atoms with Crippen LogP contribution < -0.4 is 11.1 Å². The van der Waals surface area contributed by atoms with Crippen LogP contribution in [0.5, 0.6) is 0 Å². The van der Waals surface area contributed by atoms with Gasteiger partial charge >= 0.3 is 0 Å². The molecule has 6 heteroatoms. The number of hydrogen-bond donors (Lipinski definition) is 2. The monoisotopic (exact) mass is 383 g/mol. The Morgan fingerprint density at radius 1 is 1.26 bits per heavy atom. The maximum Gasteiger partial charge on any atom is 0.248 e.